The number of hydrogen-bond donors (Lipinski definition) is 1. The average molecular weight is 257 g/mol. The normalized spacial score (nSPS) is 22.8. The summed E-state index contributed by atoms with van der Waals surface area (Å²) in [7, 11) is 1.39. The molecule has 1 fully saturated rings. The number of rotatable bonds is 7. The smallest absolute Gasteiger partial charge is 0.305 e. The van der Waals surface area contributed by atoms with Crippen molar-refractivity contribution in [1.82, 2.24) is 5.32 Å². The lowest BCUT2D eigenvalue weighted by molar-refractivity contribution is -0.140. The Kier molecular flexibility index (Phi) is 6.72. The summed E-state index contributed by atoms with van der Waals surface area (Å²) in [5.74, 6) is -0.181. The first-order valence-electron chi connectivity index (χ1n) is 6.63. The van der Waals surface area contributed by atoms with E-state index in [2.05, 4.69) is 10.1 Å². The molecule has 2 atom stereocenters. The number of esters is 1. The lowest BCUT2D eigenvalue weighted by Crippen LogP contribution is -2.35. The second kappa shape index (κ2) is 8.08. The van der Waals surface area contributed by atoms with Gasteiger partial charge in [-0.25, -0.2) is 0 Å². The van der Waals surface area contributed by atoms with Crippen LogP contribution in [-0.4, -0.2) is 37.7 Å². The largest absolute Gasteiger partial charge is 0.469 e. The molecular weight excluding hydrogens is 234 g/mol. The molecule has 104 valence electrons. The quantitative estimate of drug-likeness (QED) is 0.553. The van der Waals surface area contributed by atoms with Gasteiger partial charge >= 0.3 is 5.97 Å². The Hall–Kier alpha value is -1.10. The standard InChI is InChI=1S/C13H23NO4/c1-10-7-8-11(18-10)13(16)14-9-5-3-4-6-12(15)17-2/h10-11H,3-9H2,1-2H3,(H,14,16). The van der Waals surface area contributed by atoms with E-state index in [9.17, 15) is 9.59 Å². The first-order valence-corrected chi connectivity index (χ1v) is 6.63. The fraction of sp³-hybridized carbons (Fsp3) is 0.846. The maximum Gasteiger partial charge on any atom is 0.305 e. The zero-order valence-corrected chi connectivity index (χ0v) is 11.2. The highest BCUT2D eigenvalue weighted by Crippen LogP contribution is 2.18. The zero-order chi connectivity index (χ0) is 13.4. The molecule has 5 nitrogen and oxygen atoms in total. The van der Waals surface area contributed by atoms with E-state index < -0.39 is 0 Å². The van der Waals surface area contributed by atoms with Crippen LogP contribution in [0.1, 0.15) is 45.4 Å². The number of hydrogen-bond acceptors (Lipinski definition) is 4. The molecule has 1 rings (SSSR count). The summed E-state index contributed by atoms with van der Waals surface area (Å²) in [4.78, 5) is 22.5. The van der Waals surface area contributed by atoms with Crippen molar-refractivity contribution in [3.8, 4) is 0 Å². The summed E-state index contributed by atoms with van der Waals surface area (Å²) in [6, 6.07) is 0. The third-order valence-corrected chi connectivity index (χ3v) is 3.11. The number of unbranched alkanes of at least 4 members (excludes halogenated alkanes) is 2. The predicted octanol–water partition coefficient (Wildman–Crippen LogP) is 1.40. The fourth-order valence-electron chi connectivity index (χ4n) is 1.99. The van der Waals surface area contributed by atoms with Crippen LogP contribution in [0.2, 0.25) is 0 Å². The molecule has 0 radical (unpaired) electrons. The van der Waals surface area contributed by atoms with Crippen molar-refractivity contribution in [1.29, 1.82) is 0 Å². The van der Waals surface area contributed by atoms with Gasteiger partial charge in [0.15, 0.2) is 0 Å². The summed E-state index contributed by atoms with van der Waals surface area (Å²) >= 11 is 0. The molecule has 1 amide bonds. The second-order valence-electron chi connectivity index (χ2n) is 4.69. The third-order valence-electron chi connectivity index (χ3n) is 3.11. The number of ether oxygens (including phenoxy) is 2. The van der Waals surface area contributed by atoms with E-state index in [1.165, 1.54) is 7.11 Å². The van der Waals surface area contributed by atoms with Crippen LogP contribution in [0.3, 0.4) is 0 Å². The van der Waals surface area contributed by atoms with Crippen LogP contribution in [0.5, 0.6) is 0 Å². The molecular formula is C13H23NO4. The summed E-state index contributed by atoms with van der Waals surface area (Å²) in [5, 5.41) is 2.87. The van der Waals surface area contributed by atoms with Gasteiger partial charge in [-0.05, 0) is 32.6 Å². The monoisotopic (exact) mass is 257 g/mol. The number of carbonyl (C=O) groups is 2. The molecule has 1 aliphatic rings. The van der Waals surface area contributed by atoms with Gasteiger partial charge < -0.3 is 14.8 Å². The molecule has 0 aliphatic carbocycles. The van der Waals surface area contributed by atoms with Gasteiger partial charge in [0.2, 0.25) is 5.91 Å². The first-order chi connectivity index (χ1) is 8.63. The molecule has 1 N–H and O–H groups in total. The van der Waals surface area contributed by atoms with Crippen molar-refractivity contribution in [2.45, 2.75) is 57.7 Å². The molecule has 0 bridgehead atoms. The molecule has 0 aromatic carbocycles. The summed E-state index contributed by atoms with van der Waals surface area (Å²) in [5.41, 5.74) is 0. The Balaban J connectivity index is 1.97. The highest BCUT2D eigenvalue weighted by Gasteiger charge is 2.27. The second-order valence-corrected chi connectivity index (χ2v) is 4.69. The van der Waals surface area contributed by atoms with Gasteiger partial charge in [-0.3, -0.25) is 9.59 Å². The van der Waals surface area contributed by atoms with E-state index in [4.69, 9.17) is 4.74 Å². The van der Waals surface area contributed by atoms with Crippen LogP contribution in [0, 0.1) is 0 Å². The van der Waals surface area contributed by atoms with Crippen molar-refractivity contribution in [2.75, 3.05) is 13.7 Å². The molecule has 18 heavy (non-hydrogen) atoms. The van der Waals surface area contributed by atoms with Gasteiger partial charge in [-0.1, -0.05) is 6.42 Å². The topological polar surface area (TPSA) is 64.6 Å². The maximum atomic E-state index is 11.7. The van der Waals surface area contributed by atoms with E-state index >= 15 is 0 Å². The van der Waals surface area contributed by atoms with Crippen molar-refractivity contribution in [2.24, 2.45) is 0 Å². The van der Waals surface area contributed by atoms with Crippen LogP contribution < -0.4 is 5.32 Å². The number of carbonyl (C=O) groups excluding carboxylic acids is 2. The zero-order valence-electron chi connectivity index (χ0n) is 11.2. The van der Waals surface area contributed by atoms with Crippen molar-refractivity contribution < 1.29 is 19.1 Å². The highest BCUT2D eigenvalue weighted by atomic mass is 16.5. The summed E-state index contributed by atoms with van der Waals surface area (Å²) in [6.45, 7) is 2.63. The minimum Gasteiger partial charge on any atom is -0.469 e. The SMILES string of the molecule is COC(=O)CCCCCNC(=O)C1CCC(C)O1. The Morgan fingerprint density at radius 1 is 1.28 bits per heavy atom. The lowest BCUT2D eigenvalue weighted by Gasteiger charge is -2.11. The van der Waals surface area contributed by atoms with Gasteiger partial charge in [-0.2, -0.15) is 0 Å². The van der Waals surface area contributed by atoms with Crippen LogP contribution in [-0.2, 0) is 19.1 Å². The number of nitrogens with one attached hydrogen (secondary N) is 1. The van der Waals surface area contributed by atoms with Crippen LogP contribution in [0.15, 0.2) is 0 Å². The van der Waals surface area contributed by atoms with Gasteiger partial charge in [0.1, 0.15) is 6.10 Å². The average Bonchev–Trinajstić information content (AvgIpc) is 2.79. The predicted molar refractivity (Wildman–Crippen MR) is 67.1 cm³/mol. The minimum atomic E-state index is -0.268. The van der Waals surface area contributed by atoms with Crippen LogP contribution in [0.25, 0.3) is 0 Å². The summed E-state index contributed by atoms with van der Waals surface area (Å²) < 4.78 is 10.0. The molecule has 2 unspecified atom stereocenters. The number of methoxy groups -OCH3 is 1. The molecule has 0 aromatic heterocycles. The van der Waals surface area contributed by atoms with E-state index in [-0.39, 0.29) is 24.1 Å². The van der Waals surface area contributed by atoms with Gasteiger partial charge in [0.25, 0.3) is 0 Å². The Bertz CT molecular complexity index is 280. The number of amides is 1. The Labute approximate surface area is 108 Å². The van der Waals surface area contributed by atoms with Gasteiger partial charge in [0, 0.05) is 13.0 Å². The van der Waals surface area contributed by atoms with Gasteiger partial charge in [0.05, 0.1) is 13.2 Å². The van der Waals surface area contributed by atoms with E-state index in [1.54, 1.807) is 0 Å². The Morgan fingerprint density at radius 3 is 2.67 bits per heavy atom. The van der Waals surface area contributed by atoms with E-state index in [0.29, 0.717) is 13.0 Å². The fourth-order valence-corrected chi connectivity index (χ4v) is 1.99. The van der Waals surface area contributed by atoms with E-state index in [0.717, 1.165) is 32.1 Å². The first kappa shape index (κ1) is 15.0. The molecule has 0 saturated carbocycles. The molecule has 0 aromatic rings. The maximum absolute atomic E-state index is 11.7. The summed E-state index contributed by atoms with van der Waals surface area (Å²) in [6.07, 6.45) is 4.75. The van der Waals surface area contributed by atoms with Crippen molar-refractivity contribution >= 4 is 11.9 Å². The molecule has 0 spiro atoms. The van der Waals surface area contributed by atoms with Crippen molar-refractivity contribution in [3.63, 3.8) is 0 Å². The van der Waals surface area contributed by atoms with E-state index in [1.807, 2.05) is 6.92 Å². The van der Waals surface area contributed by atoms with Gasteiger partial charge in [-0.15, -0.1) is 0 Å². The van der Waals surface area contributed by atoms with Crippen LogP contribution >= 0.6 is 0 Å². The molecule has 1 aliphatic heterocycles. The highest BCUT2D eigenvalue weighted by molar-refractivity contribution is 5.80. The lowest BCUT2D eigenvalue weighted by atomic mass is 10.2. The van der Waals surface area contributed by atoms with Crippen LogP contribution in [0.4, 0.5) is 0 Å². The van der Waals surface area contributed by atoms with Crippen molar-refractivity contribution in [3.05, 3.63) is 0 Å². The minimum absolute atomic E-state index is 0.00711. The third kappa shape index (κ3) is 5.49. The molecule has 5 heteroatoms. The Morgan fingerprint density at radius 2 is 2.06 bits per heavy atom. The molecule has 1 heterocycles. The molecule has 1 saturated heterocycles.